The molecule has 0 aliphatic rings. The minimum atomic E-state index is 0.976. The van der Waals surface area contributed by atoms with Crippen molar-refractivity contribution in [3.63, 3.8) is 0 Å². The fourth-order valence-corrected chi connectivity index (χ4v) is 1.18. The van der Waals surface area contributed by atoms with E-state index in [0.29, 0.717) is 0 Å². The fraction of sp³-hybridized carbons (Fsp3) is 0.250. The highest BCUT2D eigenvalue weighted by Gasteiger charge is 2.02. The van der Waals surface area contributed by atoms with Crippen LogP contribution in [-0.2, 0) is 0 Å². The molecule has 0 fully saturated rings. The van der Waals surface area contributed by atoms with Crippen LogP contribution in [0.5, 0.6) is 0 Å². The first-order valence-corrected chi connectivity index (χ1v) is 4.67. The number of benzene rings is 1. The molecule has 0 atom stereocenters. The van der Waals surface area contributed by atoms with Crippen LogP contribution in [0.3, 0.4) is 0 Å². The van der Waals surface area contributed by atoms with E-state index in [4.69, 9.17) is 0 Å². The summed E-state index contributed by atoms with van der Waals surface area (Å²) in [6, 6.07) is 10.2. The van der Waals surface area contributed by atoms with E-state index in [9.17, 15) is 0 Å². The highest BCUT2D eigenvalue weighted by atomic mass is 15.1. The molecule has 0 aliphatic heterocycles. The number of hydrogen-bond acceptors (Lipinski definition) is 1. The molecule has 0 aliphatic carbocycles. The van der Waals surface area contributed by atoms with Gasteiger partial charge in [-0.2, -0.15) is 0 Å². The second-order valence-corrected chi connectivity index (χ2v) is 3.20. The van der Waals surface area contributed by atoms with Crippen molar-refractivity contribution in [2.75, 3.05) is 14.1 Å². The van der Waals surface area contributed by atoms with Gasteiger partial charge in [-0.15, -0.1) is 0 Å². The molecule has 2 heteroatoms. The Morgan fingerprint density at radius 1 is 1.21 bits per heavy atom. The van der Waals surface area contributed by atoms with Crippen molar-refractivity contribution in [1.29, 1.82) is 0 Å². The lowest BCUT2D eigenvalue weighted by atomic mass is 10.2. The van der Waals surface area contributed by atoms with Gasteiger partial charge in [0.15, 0.2) is 0 Å². The fourth-order valence-electron chi connectivity index (χ4n) is 1.18. The van der Waals surface area contributed by atoms with Gasteiger partial charge in [-0.1, -0.05) is 36.4 Å². The maximum Gasteiger partial charge on any atom is 0.135 e. The van der Waals surface area contributed by atoms with Crippen LogP contribution in [0, 0.1) is 0 Å². The van der Waals surface area contributed by atoms with Crippen molar-refractivity contribution in [2.24, 2.45) is 4.99 Å². The number of amidine groups is 1. The first-order chi connectivity index (χ1) is 6.75. The van der Waals surface area contributed by atoms with Crippen molar-refractivity contribution in [3.05, 3.63) is 48.2 Å². The first-order valence-electron chi connectivity index (χ1n) is 4.67. The van der Waals surface area contributed by atoms with Crippen molar-refractivity contribution in [3.8, 4) is 0 Å². The van der Waals surface area contributed by atoms with Gasteiger partial charge < -0.3 is 4.90 Å². The summed E-state index contributed by atoms with van der Waals surface area (Å²) in [5.41, 5.74) is 1.13. The van der Waals surface area contributed by atoms with E-state index in [1.165, 1.54) is 0 Å². The van der Waals surface area contributed by atoms with Crippen LogP contribution in [0.1, 0.15) is 12.5 Å². The predicted octanol–water partition coefficient (Wildman–Crippen LogP) is 2.53. The summed E-state index contributed by atoms with van der Waals surface area (Å²) < 4.78 is 0. The monoisotopic (exact) mass is 188 g/mol. The highest BCUT2D eigenvalue weighted by molar-refractivity contribution is 5.98. The van der Waals surface area contributed by atoms with Crippen LogP contribution in [0.25, 0.3) is 0 Å². The van der Waals surface area contributed by atoms with E-state index < -0.39 is 0 Å². The number of rotatable bonds is 2. The number of aliphatic imine (C=N–C) groups is 1. The zero-order valence-electron chi connectivity index (χ0n) is 8.94. The topological polar surface area (TPSA) is 15.6 Å². The van der Waals surface area contributed by atoms with Crippen LogP contribution in [0.15, 0.2) is 47.6 Å². The molecule has 1 rings (SSSR count). The Bertz CT molecular complexity index is 323. The Kier molecular flexibility index (Phi) is 3.92. The molecule has 0 amide bonds. The van der Waals surface area contributed by atoms with Gasteiger partial charge in [0.05, 0.1) is 0 Å². The van der Waals surface area contributed by atoms with Crippen molar-refractivity contribution in [1.82, 2.24) is 4.90 Å². The quantitative estimate of drug-likeness (QED) is 0.514. The molecule has 14 heavy (non-hydrogen) atoms. The summed E-state index contributed by atoms with van der Waals surface area (Å²) in [5.74, 6) is 0.976. The molecule has 0 heterocycles. The number of allylic oxidation sites excluding steroid dienone is 1. The Hall–Kier alpha value is -1.57. The summed E-state index contributed by atoms with van der Waals surface area (Å²) >= 11 is 0. The van der Waals surface area contributed by atoms with E-state index in [2.05, 4.69) is 17.1 Å². The van der Waals surface area contributed by atoms with Crippen molar-refractivity contribution < 1.29 is 0 Å². The summed E-state index contributed by atoms with van der Waals surface area (Å²) in [6.07, 6.45) is 3.73. The average molecular weight is 188 g/mol. The van der Waals surface area contributed by atoms with Crippen LogP contribution < -0.4 is 0 Å². The largest absolute Gasteiger partial charge is 0.362 e. The zero-order chi connectivity index (χ0) is 10.4. The minimum Gasteiger partial charge on any atom is -0.362 e. The third-order valence-electron chi connectivity index (χ3n) is 1.80. The molecular formula is C12H16N2. The van der Waals surface area contributed by atoms with Gasteiger partial charge in [0.2, 0.25) is 0 Å². The molecule has 0 unspecified atom stereocenters. The van der Waals surface area contributed by atoms with Gasteiger partial charge in [-0.3, -0.25) is 0 Å². The van der Waals surface area contributed by atoms with E-state index in [1.807, 2.05) is 56.4 Å². The van der Waals surface area contributed by atoms with E-state index in [1.54, 1.807) is 0 Å². The number of hydrogen-bond donors (Lipinski definition) is 0. The zero-order valence-corrected chi connectivity index (χ0v) is 8.94. The molecule has 0 saturated carbocycles. The Morgan fingerprint density at radius 3 is 2.36 bits per heavy atom. The van der Waals surface area contributed by atoms with Crippen LogP contribution in [0.4, 0.5) is 0 Å². The molecule has 1 aromatic rings. The van der Waals surface area contributed by atoms with Crippen LogP contribution in [0.2, 0.25) is 0 Å². The maximum atomic E-state index is 4.37. The molecule has 74 valence electrons. The molecule has 0 bridgehead atoms. The average Bonchev–Trinajstić information content (AvgIpc) is 2.19. The molecule has 0 N–H and O–H groups in total. The molecule has 1 aromatic carbocycles. The Balaban J connectivity index is 3.01. The molecular weight excluding hydrogens is 172 g/mol. The van der Waals surface area contributed by atoms with E-state index in [-0.39, 0.29) is 0 Å². The second kappa shape index (κ2) is 5.22. The standard InChI is InChI=1S/C12H16N2/c1-4-10-13-12(14(2)3)11-8-6-5-7-9-11/h4-10H,1-3H3/b10-4+,13-12?. The van der Waals surface area contributed by atoms with E-state index in [0.717, 1.165) is 11.4 Å². The van der Waals surface area contributed by atoms with Gasteiger partial charge >= 0.3 is 0 Å². The summed E-state index contributed by atoms with van der Waals surface area (Å²) in [4.78, 5) is 6.38. The number of nitrogens with zero attached hydrogens (tertiary/aromatic N) is 2. The van der Waals surface area contributed by atoms with Gasteiger partial charge in [-0.25, -0.2) is 4.99 Å². The second-order valence-electron chi connectivity index (χ2n) is 3.20. The van der Waals surface area contributed by atoms with Crippen molar-refractivity contribution >= 4 is 5.84 Å². The van der Waals surface area contributed by atoms with Gasteiger partial charge in [0, 0.05) is 25.9 Å². The summed E-state index contributed by atoms with van der Waals surface area (Å²) in [7, 11) is 3.99. The van der Waals surface area contributed by atoms with Crippen molar-refractivity contribution in [2.45, 2.75) is 6.92 Å². The molecule has 0 aromatic heterocycles. The van der Waals surface area contributed by atoms with Gasteiger partial charge in [0.25, 0.3) is 0 Å². The summed E-state index contributed by atoms with van der Waals surface area (Å²) in [6.45, 7) is 1.96. The highest BCUT2D eigenvalue weighted by Crippen LogP contribution is 2.03. The normalized spacial score (nSPS) is 12.1. The van der Waals surface area contributed by atoms with Crippen LogP contribution >= 0.6 is 0 Å². The molecule has 2 nitrogen and oxygen atoms in total. The Labute approximate surface area is 85.6 Å². The lowest BCUT2D eigenvalue weighted by Gasteiger charge is -2.14. The minimum absolute atomic E-state index is 0.976. The molecule has 0 spiro atoms. The third kappa shape index (κ3) is 2.73. The summed E-state index contributed by atoms with van der Waals surface area (Å²) in [5, 5.41) is 0. The molecule has 0 saturated heterocycles. The smallest absolute Gasteiger partial charge is 0.135 e. The SMILES string of the molecule is C/C=C/N=C(c1ccccc1)N(C)C. The Morgan fingerprint density at radius 2 is 1.86 bits per heavy atom. The maximum absolute atomic E-state index is 4.37. The van der Waals surface area contributed by atoms with Gasteiger partial charge in [-0.05, 0) is 6.92 Å². The van der Waals surface area contributed by atoms with E-state index >= 15 is 0 Å². The molecule has 0 radical (unpaired) electrons. The lowest BCUT2D eigenvalue weighted by molar-refractivity contribution is 0.624. The first kappa shape index (κ1) is 10.5. The van der Waals surface area contributed by atoms with Gasteiger partial charge in [0.1, 0.15) is 5.84 Å². The van der Waals surface area contributed by atoms with Crippen LogP contribution in [-0.4, -0.2) is 24.8 Å². The lowest BCUT2D eigenvalue weighted by Crippen LogP contribution is -2.22. The predicted molar refractivity (Wildman–Crippen MR) is 61.5 cm³/mol. The third-order valence-corrected chi connectivity index (χ3v) is 1.80.